The predicted octanol–water partition coefficient (Wildman–Crippen LogP) is 6.02. The van der Waals surface area contributed by atoms with E-state index >= 15 is 0 Å². The van der Waals surface area contributed by atoms with Crippen LogP contribution in [0.4, 0.5) is 26.3 Å². The first-order valence-corrected chi connectivity index (χ1v) is 9.91. The molecule has 0 saturated heterocycles. The van der Waals surface area contributed by atoms with Gasteiger partial charge in [-0.05, 0) is 11.1 Å². The summed E-state index contributed by atoms with van der Waals surface area (Å²) in [5, 5.41) is 9.36. The molecule has 0 aromatic heterocycles. The van der Waals surface area contributed by atoms with Crippen molar-refractivity contribution in [2.75, 3.05) is 5.75 Å². The highest BCUT2D eigenvalue weighted by Crippen LogP contribution is 2.66. The predicted molar refractivity (Wildman–Crippen MR) is 99.8 cm³/mol. The monoisotopic (exact) mass is 434 g/mol. The summed E-state index contributed by atoms with van der Waals surface area (Å²) < 4.78 is 82.8. The van der Waals surface area contributed by atoms with E-state index in [1.807, 2.05) is 12.1 Å². The van der Waals surface area contributed by atoms with E-state index in [0.29, 0.717) is 18.0 Å². The fourth-order valence-electron chi connectivity index (χ4n) is 4.84. The average molecular weight is 434 g/mol. The molecule has 2 atom stereocenters. The van der Waals surface area contributed by atoms with Crippen molar-refractivity contribution in [2.45, 2.75) is 55.7 Å². The molecule has 0 bridgehead atoms. The number of aliphatic imine (C=N–C) groups is 1. The van der Waals surface area contributed by atoms with Crippen LogP contribution < -0.4 is 0 Å². The van der Waals surface area contributed by atoms with Crippen LogP contribution in [0.5, 0.6) is 0 Å². The number of thioether (sulfide) groups is 1. The van der Waals surface area contributed by atoms with E-state index < -0.39 is 45.1 Å². The van der Waals surface area contributed by atoms with Gasteiger partial charge in [-0.15, -0.1) is 11.8 Å². The van der Waals surface area contributed by atoms with E-state index in [4.69, 9.17) is 0 Å². The lowest BCUT2D eigenvalue weighted by molar-refractivity contribution is -0.255. The first kappa shape index (κ1) is 22.0. The van der Waals surface area contributed by atoms with Crippen LogP contribution in [0.25, 0.3) is 0 Å². The molecule has 1 spiro atoms. The molecule has 0 saturated carbocycles. The number of nitriles is 1. The number of alkyl halides is 6. The van der Waals surface area contributed by atoms with Crippen molar-refractivity contribution in [3.05, 3.63) is 35.4 Å². The fraction of sp³-hybridized carbons (Fsp3) is 0.600. The topological polar surface area (TPSA) is 36.1 Å². The highest BCUT2D eigenvalue weighted by atomic mass is 32.2. The first-order chi connectivity index (χ1) is 13.1. The van der Waals surface area contributed by atoms with Gasteiger partial charge in [-0.2, -0.15) is 31.6 Å². The molecule has 2 nitrogen and oxygen atoms in total. The maximum atomic E-state index is 13.9. The third-order valence-corrected chi connectivity index (χ3v) is 8.61. The number of fused-ring (bicyclic) bond motifs is 1. The normalized spacial score (nSPS) is 29.9. The zero-order valence-corrected chi connectivity index (χ0v) is 17.1. The second-order valence-electron chi connectivity index (χ2n) is 8.61. The number of benzene rings is 1. The van der Waals surface area contributed by atoms with E-state index in [0.717, 1.165) is 17.2 Å². The van der Waals surface area contributed by atoms with Crippen molar-refractivity contribution in [2.24, 2.45) is 16.3 Å². The Morgan fingerprint density at radius 2 is 1.48 bits per heavy atom. The summed E-state index contributed by atoms with van der Waals surface area (Å²) in [4.78, 5) is 2.91. The molecule has 9 heteroatoms. The van der Waals surface area contributed by atoms with Crippen molar-refractivity contribution in [1.82, 2.24) is 0 Å². The molecule has 1 heterocycles. The lowest BCUT2D eigenvalue weighted by Gasteiger charge is -2.46. The molecule has 29 heavy (non-hydrogen) atoms. The van der Waals surface area contributed by atoms with Gasteiger partial charge >= 0.3 is 12.4 Å². The molecule has 0 fully saturated rings. The van der Waals surface area contributed by atoms with Gasteiger partial charge in [0.05, 0.1) is 6.07 Å². The highest BCUT2D eigenvalue weighted by Gasteiger charge is 2.71. The maximum Gasteiger partial charge on any atom is 0.408 e. The van der Waals surface area contributed by atoms with Crippen LogP contribution in [0.15, 0.2) is 29.3 Å². The molecule has 158 valence electrons. The molecule has 1 aromatic rings. The summed E-state index contributed by atoms with van der Waals surface area (Å²) >= 11 is 0.702. The minimum absolute atomic E-state index is 0.339. The zero-order valence-electron chi connectivity index (χ0n) is 16.2. The molecule has 2 unspecified atom stereocenters. The second-order valence-corrected chi connectivity index (χ2v) is 9.77. The Hall–Kier alpha value is -1.69. The van der Waals surface area contributed by atoms with Gasteiger partial charge in [0.25, 0.3) is 0 Å². The van der Waals surface area contributed by atoms with E-state index in [9.17, 15) is 31.6 Å². The van der Waals surface area contributed by atoms with E-state index in [1.54, 1.807) is 39.8 Å². The number of halogens is 6. The third kappa shape index (κ3) is 2.67. The number of hydrogen-bond donors (Lipinski definition) is 0. The van der Waals surface area contributed by atoms with Crippen LogP contribution in [0, 0.1) is 22.7 Å². The smallest absolute Gasteiger partial charge is 0.277 e. The Balaban J connectivity index is 2.28. The second kappa shape index (κ2) is 6.16. The van der Waals surface area contributed by atoms with Crippen LogP contribution in [0.1, 0.15) is 38.8 Å². The number of hydrogen-bond acceptors (Lipinski definition) is 3. The average Bonchev–Trinajstić information content (AvgIpc) is 2.75. The summed E-state index contributed by atoms with van der Waals surface area (Å²) in [5.74, 6) is -4.10. The molecule has 1 aromatic carbocycles. The molecular weight excluding hydrogens is 414 g/mol. The molecule has 2 aliphatic rings. The lowest BCUT2D eigenvalue weighted by Crippen LogP contribution is -2.52. The van der Waals surface area contributed by atoms with Gasteiger partial charge in [-0.3, -0.25) is 4.99 Å². The highest BCUT2D eigenvalue weighted by molar-refractivity contribution is 8.00. The Morgan fingerprint density at radius 1 is 1.00 bits per heavy atom. The summed E-state index contributed by atoms with van der Waals surface area (Å²) in [6.45, 7) is 7.11. The van der Waals surface area contributed by atoms with Gasteiger partial charge in [-0.25, -0.2) is 0 Å². The van der Waals surface area contributed by atoms with Gasteiger partial charge < -0.3 is 0 Å². The Labute approximate surface area is 169 Å². The summed E-state index contributed by atoms with van der Waals surface area (Å²) in [6, 6.07) is 8.21. The fourth-order valence-corrected chi connectivity index (χ4v) is 6.76. The van der Waals surface area contributed by atoms with Gasteiger partial charge in [0.15, 0.2) is 5.41 Å². The molecule has 1 aliphatic carbocycles. The largest absolute Gasteiger partial charge is 0.408 e. The minimum atomic E-state index is -5.37. The van der Waals surface area contributed by atoms with E-state index in [2.05, 4.69) is 4.99 Å². The Bertz CT molecular complexity index is 858. The van der Waals surface area contributed by atoms with E-state index in [-0.39, 0.29) is 0 Å². The van der Waals surface area contributed by atoms with Crippen molar-refractivity contribution in [3.8, 4) is 6.07 Å². The van der Waals surface area contributed by atoms with Crippen LogP contribution >= 0.6 is 11.8 Å². The standard InChI is InChI=1S/C20H20F6N2S/c1-15(2)12-7-5-6-8-13(12)16(3,4)19(15)28-9-14(18(21,22)23)17(10-27,11-29-19)20(24,25)26/h5-9,14H,11H2,1-4H3. The minimum Gasteiger partial charge on any atom is -0.277 e. The van der Waals surface area contributed by atoms with Crippen LogP contribution in [-0.2, 0) is 10.8 Å². The summed E-state index contributed by atoms with van der Waals surface area (Å²) in [6.07, 6.45) is -10.3. The van der Waals surface area contributed by atoms with Crippen molar-refractivity contribution in [3.63, 3.8) is 0 Å². The number of rotatable bonds is 0. The van der Waals surface area contributed by atoms with E-state index in [1.165, 1.54) is 0 Å². The molecule has 0 N–H and O–H groups in total. The quantitative estimate of drug-likeness (QED) is 0.468. The van der Waals surface area contributed by atoms with Crippen molar-refractivity contribution < 1.29 is 26.3 Å². The Morgan fingerprint density at radius 3 is 1.86 bits per heavy atom. The van der Waals surface area contributed by atoms with Crippen molar-refractivity contribution >= 4 is 18.0 Å². The van der Waals surface area contributed by atoms with Crippen LogP contribution in [-0.4, -0.2) is 29.2 Å². The molecule has 0 amide bonds. The maximum absolute atomic E-state index is 13.9. The number of nitrogens with zero attached hydrogens (tertiary/aromatic N) is 2. The molecule has 3 rings (SSSR count). The lowest BCUT2D eigenvalue weighted by atomic mass is 9.74. The molecular formula is C20H20F6N2S. The van der Waals surface area contributed by atoms with Crippen LogP contribution in [0.2, 0.25) is 0 Å². The SMILES string of the molecule is CC1(C)c2ccccc2C(C)(C)C12N=CC(C(F)(F)F)C(C#N)(C(F)(F)F)CS2. The summed E-state index contributed by atoms with van der Waals surface area (Å²) in [7, 11) is 0. The molecule has 0 radical (unpaired) electrons. The van der Waals surface area contributed by atoms with Crippen molar-refractivity contribution in [1.29, 1.82) is 5.26 Å². The zero-order chi connectivity index (χ0) is 22.1. The van der Waals surface area contributed by atoms with Gasteiger partial charge in [0, 0.05) is 22.8 Å². The first-order valence-electron chi connectivity index (χ1n) is 8.92. The summed E-state index contributed by atoms with van der Waals surface area (Å²) in [5.41, 5.74) is -3.67. The third-order valence-electron chi connectivity index (χ3n) is 6.47. The Kier molecular flexibility index (Phi) is 4.67. The van der Waals surface area contributed by atoms with Crippen LogP contribution in [0.3, 0.4) is 0 Å². The van der Waals surface area contributed by atoms with Gasteiger partial charge in [0.1, 0.15) is 10.8 Å². The molecule has 1 aliphatic heterocycles. The van der Waals surface area contributed by atoms with Gasteiger partial charge in [-0.1, -0.05) is 52.0 Å². The van der Waals surface area contributed by atoms with Gasteiger partial charge in [0.2, 0.25) is 0 Å².